The van der Waals surface area contributed by atoms with Gasteiger partial charge in [0.2, 0.25) is 5.95 Å². The van der Waals surface area contributed by atoms with Crippen molar-refractivity contribution in [3.63, 3.8) is 0 Å². The van der Waals surface area contributed by atoms with Crippen LogP contribution in [0, 0.1) is 5.92 Å². The van der Waals surface area contributed by atoms with Crippen molar-refractivity contribution in [3.8, 4) is 5.75 Å². The zero-order valence-electron chi connectivity index (χ0n) is 16.2. The fourth-order valence-electron chi connectivity index (χ4n) is 3.93. The van der Waals surface area contributed by atoms with Crippen molar-refractivity contribution in [1.82, 2.24) is 15.2 Å². The number of hydrogen-bond donors (Lipinski definition) is 0. The number of nitrogens with zero attached hydrogens (tertiary/aromatic N) is 6. The van der Waals surface area contributed by atoms with E-state index in [9.17, 15) is 0 Å². The summed E-state index contributed by atoms with van der Waals surface area (Å²) in [6.45, 7) is 8.11. The average Bonchev–Trinajstić information content (AvgIpc) is 2.74. The van der Waals surface area contributed by atoms with E-state index >= 15 is 0 Å². The Labute approximate surface area is 161 Å². The molecule has 7 nitrogen and oxygen atoms in total. The van der Waals surface area contributed by atoms with E-state index in [0.29, 0.717) is 5.92 Å². The largest absolute Gasteiger partial charge is 0.497 e. The van der Waals surface area contributed by atoms with Crippen molar-refractivity contribution in [2.24, 2.45) is 5.92 Å². The van der Waals surface area contributed by atoms with Crippen LogP contribution in [-0.4, -0.2) is 61.6 Å². The average molecular weight is 368 g/mol. The molecule has 0 bridgehead atoms. The lowest BCUT2D eigenvalue weighted by Crippen LogP contribution is -2.47. The standard InChI is InChI=1S/C20H28N6O/c1-16-4-3-9-26(15-16)19-14-21-23-20(22-19)25-12-10-24(11-13-25)17-5-7-18(27-2)8-6-17/h5-8,14,16H,3-4,9-13,15H2,1-2H3. The molecule has 7 heteroatoms. The molecule has 1 aromatic carbocycles. The Morgan fingerprint density at radius 1 is 0.963 bits per heavy atom. The summed E-state index contributed by atoms with van der Waals surface area (Å²) in [6.07, 6.45) is 4.32. The number of piperidine rings is 1. The van der Waals surface area contributed by atoms with Crippen LogP contribution in [-0.2, 0) is 0 Å². The van der Waals surface area contributed by atoms with E-state index in [0.717, 1.165) is 56.8 Å². The van der Waals surface area contributed by atoms with Gasteiger partial charge in [-0.1, -0.05) is 6.92 Å². The number of aromatic nitrogens is 3. The van der Waals surface area contributed by atoms with E-state index in [1.54, 1.807) is 13.3 Å². The third-order valence-corrected chi connectivity index (χ3v) is 5.52. The van der Waals surface area contributed by atoms with Crippen molar-refractivity contribution >= 4 is 17.5 Å². The monoisotopic (exact) mass is 368 g/mol. The van der Waals surface area contributed by atoms with Crippen LogP contribution in [0.1, 0.15) is 19.8 Å². The van der Waals surface area contributed by atoms with Gasteiger partial charge in [0.1, 0.15) is 5.75 Å². The fraction of sp³-hybridized carbons (Fsp3) is 0.550. The van der Waals surface area contributed by atoms with Gasteiger partial charge in [-0.05, 0) is 43.0 Å². The second kappa shape index (κ2) is 7.98. The molecule has 0 spiro atoms. The molecule has 1 aromatic heterocycles. The molecule has 2 aliphatic heterocycles. The number of rotatable bonds is 4. The third-order valence-electron chi connectivity index (χ3n) is 5.52. The van der Waals surface area contributed by atoms with Crippen LogP contribution in [0.2, 0.25) is 0 Å². The fourth-order valence-corrected chi connectivity index (χ4v) is 3.93. The molecule has 144 valence electrons. The molecule has 1 atom stereocenters. The molecule has 27 heavy (non-hydrogen) atoms. The van der Waals surface area contributed by atoms with Crippen molar-refractivity contribution in [1.29, 1.82) is 0 Å². The van der Waals surface area contributed by atoms with Crippen molar-refractivity contribution in [2.45, 2.75) is 19.8 Å². The first-order valence-corrected chi connectivity index (χ1v) is 9.81. The first-order valence-electron chi connectivity index (χ1n) is 9.81. The molecule has 2 aliphatic rings. The maximum absolute atomic E-state index is 5.24. The lowest BCUT2D eigenvalue weighted by Gasteiger charge is -2.36. The number of anilines is 3. The first kappa shape index (κ1) is 17.8. The van der Waals surface area contributed by atoms with Gasteiger partial charge in [-0.25, -0.2) is 0 Å². The minimum atomic E-state index is 0.713. The predicted octanol–water partition coefficient (Wildman–Crippen LogP) is 2.44. The molecule has 2 aromatic rings. The van der Waals surface area contributed by atoms with E-state index in [1.807, 2.05) is 12.1 Å². The van der Waals surface area contributed by atoms with E-state index < -0.39 is 0 Å². The molecule has 4 rings (SSSR count). The Morgan fingerprint density at radius 2 is 1.70 bits per heavy atom. The number of methoxy groups -OCH3 is 1. The topological polar surface area (TPSA) is 57.6 Å². The molecule has 0 N–H and O–H groups in total. The highest BCUT2D eigenvalue weighted by Gasteiger charge is 2.22. The van der Waals surface area contributed by atoms with Crippen LogP contribution in [0.3, 0.4) is 0 Å². The number of benzene rings is 1. The molecular weight excluding hydrogens is 340 g/mol. The van der Waals surface area contributed by atoms with Crippen LogP contribution in [0.5, 0.6) is 5.75 Å². The van der Waals surface area contributed by atoms with Gasteiger partial charge in [0, 0.05) is 45.0 Å². The van der Waals surface area contributed by atoms with Crippen LogP contribution in [0.4, 0.5) is 17.5 Å². The minimum Gasteiger partial charge on any atom is -0.497 e. The smallest absolute Gasteiger partial charge is 0.247 e. The SMILES string of the molecule is COc1ccc(N2CCN(c3nncc(N4CCCC(C)C4)n3)CC2)cc1. The molecule has 0 radical (unpaired) electrons. The first-order chi connectivity index (χ1) is 13.2. The summed E-state index contributed by atoms with van der Waals surface area (Å²) in [4.78, 5) is 11.8. The number of hydrogen-bond acceptors (Lipinski definition) is 7. The van der Waals surface area contributed by atoms with Crippen LogP contribution in [0.25, 0.3) is 0 Å². The molecule has 0 amide bonds. The highest BCUT2D eigenvalue weighted by molar-refractivity contribution is 5.51. The lowest BCUT2D eigenvalue weighted by molar-refractivity contribution is 0.415. The van der Waals surface area contributed by atoms with Crippen molar-refractivity contribution in [2.75, 3.05) is 61.1 Å². The summed E-state index contributed by atoms with van der Waals surface area (Å²) in [6, 6.07) is 8.25. The summed E-state index contributed by atoms with van der Waals surface area (Å²) in [5, 5.41) is 8.53. The second-order valence-electron chi connectivity index (χ2n) is 7.48. The lowest BCUT2D eigenvalue weighted by atomic mass is 10.0. The van der Waals surface area contributed by atoms with Crippen molar-refractivity contribution < 1.29 is 4.74 Å². The van der Waals surface area contributed by atoms with Gasteiger partial charge in [-0.2, -0.15) is 10.1 Å². The Bertz CT molecular complexity index is 744. The molecule has 0 saturated carbocycles. The normalized spacial score (nSPS) is 20.7. The summed E-state index contributed by atoms with van der Waals surface area (Å²) < 4.78 is 5.24. The maximum atomic E-state index is 5.24. The zero-order chi connectivity index (χ0) is 18.6. The third kappa shape index (κ3) is 4.07. The van der Waals surface area contributed by atoms with Gasteiger partial charge in [0.05, 0.1) is 13.3 Å². The van der Waals surface area contributed by atoms with Gasteiger partial charge < -0.3 is 19.4 Å². The van der Waals surface area contributed by atoms with Gasteiger partial charge >= 0.3 is 0 Å². The van der Waals surface area contributed by atoms with Gasteiger partial charge in [-0.3, -0.25) is 0 Å². The quantitative estimate of drug-likeness (QED) is 0.821. The Balaban J connectivity index is 1.39. The van der Waals surface area contributed by atoms with E-state index in [-0.39, 0.29) is 0 Å². The molecule has 2 saturated heterocycles. The Morgan fingerprint density at radius 3 is 2.41 bits per heavy atom. The number of ether oxygens (including phenoxy) is 1. The second-order valence-corrected chi connectivity index (χ2v) is 7.48. The van der Waals surface area contributed by atoms with Gasteiger partial charge in [-0.15, -0.1) is 5.10 Å². The Hall–Kier alpha value is -2.57. The highest BCUT2D eigenvalue weighted by Crippen LogP contribution is 2.24. The maximum Gasteiger partial charge on any atom is 0.247 e. The summed E-state index contributed by atoms with van der Waals surface area (Å²) in [7, 11) is 1.69. The van der Waals surface area contributed by atoms with E-state index in [2.05, 4.69) is 44.0 Å². The van der Waals surface area contributed by atoms with E-state index in [1.165, 1.54) is 18.5 Å². The minimum absolute atomic E-state index is 0.713. The molecule has 0 aliphatic carbocycles. The summed E-state index contributed by atoms with van der Waals surface area (Å²) in [5.74, 6) is 3.31. The summed E-state index contributed by atoms with van der Waals surface area (Å²) >= 11 is 0. The molecule has 2 fully saturated rings. The molecule has 3 heterocycles. The summed E-state index contributed by atoms with van der Waals surface area (Å²) in [5.41, 5.74) is 1.23. The van der Waals surface area contributed by atoms with Crippen LogP contribution >= 0.6 is 0 Å². The zero-order valence-corrected chi connectivity index (χ0v) is 16.2. The predicted molar refractivity (Wildman–Crippen MR) is 108 cm³/mol. The van der Waals surface area contributed by atoms with Gasteiger partial charge in [0.25, 0.3) is 0 Å². The van der Waals surface area contributed by atoms with Crippen molar-refractivity contribution in [3.05, 3.63) is 30.5 Å². The Kier molecular flexibility index (Phi) is 5.27. The van der Waals surface area contributed by atoms with Crippen LogP contribution < -0.4 is 19.4 Å². The highest BCUT2D eigenvalue weighted by atomic mass is 16.5. The van der Waals surface area contributed by atoms with E-state index in [4.69, 9.17) is 9.72 Å². The van der Waals surface area contributed by atoms with Crippen LogP contribution in [0.15, 0.2) is 30.5 Å². The number of piperazine rings is 1. The molecular formula is C20H28N6O. The molecule has 1 unspecified atom stereocenters. The van der Waals surface area contributed by atoms with Gasteiger partial charge in [0.15, 0.2) is 5.82 Å².